The Labute approximate surface area is 88.3 Å². The summed E-state index contributed by atoms with van der Waals surface area (Å²) in [6, 6.07) is 3.02. The first kappa shape index (κ1) is 11.1. The summed E-state index contributed by atoms with van der Waals surface area (Å²) in [6.45, 7) is 2.58. The van der Waals surface area contributed by atoms with Crippen LogP contribution in [0.4, 0.5) is 0 Å². The van der Waals surface area contributed by atoms with Crippen LogP contribution in [-0.2, 0) is 6.54 Å². The molecule has 1 rings (SSSR count). The zero-order chi connectivity index (χ0) is 10.6. The van der Waals surface area contributed by atoms with Crippen LogP contribution in [0.5, 0.6) is 5.88 Å². The van der Waals surface area contributed by atoms with Crippen molar-refractivity contribution in [2.24, 2.45) is 5.92 Å². The van der Waals surface area contributed by atoms with Crippen LogP contribution in [0.1, 0.15) is 6.92 Å². The van der Waals surface area contributed by atoms with Crippen molar-refractivity contribution in [1.29, 1.82) is 0 Å². The van der Waals surface area contributed by atoms with E-state index in [9.17, 15) is 4.79 Å². The van der Waals surface area contributed by atoms with Crippen LogP contribution in [0, 0.1) is 5.92 Å². The van der Waals surface area contributed by atoms with E-state index in [2.05, 4.69) is 17.7 Å². The zero-order valence-corrected chi connectivity index (χ0v) is 9.20. The lowest BCUT2D eigenvalue weighted by Crippen LogP contribution is -2.25. The number of hydrogen-bond donors (Lipinski definition) is 1. The second kappa shape index (κ2) is 5.05. The Morgan fingerprint density at radius 1 is 1.64 bits per heavy atom. The Morgan fingerprint density at radius 3 is 2.93 bits per heavy atom. The third-order valence-corrected chi connectivity index (χ3v) is 2.47. The van der Waals surface area contributed by atoms with Crippen molar-refractivity contribution < 1.29 is 4.74 Å². The Hall–Kier alpha value is -0.970. The van der Waals surface area contributed by atoms with E-state index in [0.717, 1.165) is 5.75 Å². The van der Waals surface area contributed by atoms with Crippen LogP contribution in [0.2, 0.25) is 0 Å². The monoisotopic (exact) mass is 214 g/mol. The molecule has 1 aromatic heterocycles. The SMILES string of the molecule is COc1ccc(=O)n(CC(C)CS)n1. The standard InChI is InChI=1S/C9H14N2O2S/c1-7(6-14)5-11-9(12)4-3-8(10-11)13-2/h3-4,7,14H,5-6H2,1-2H3. The molecule has 0 saturated heterocycles. The Morgan fingerprint density at radius 2 is 2.36 bits per heavy atom. The number of thiol groups is 1. The van der Waals surface area contributed by atoms with E-state index in [1.807, 2.05) is 6.92 Å². The highest BCUT2D eigenvalue weighted by molar-refractivity contribution is 7.80. The number of methoxy groups -OCH3 is 1. The highest BCUT2D eigenvalue weighted by Crippen LogP contribution is 2.03. The summed E-state index contributed by atoms with van der Waals surface area (Å²) in [5.41, 5.74) is -0.112. The maximum atomic E-state index is 11.4. The number of aromatic nitrogens is 2. The van der Waals surface area contributed by atoms with Gasteiger partial charge in [-0.2, -0.15) is 12.6 Å². The highest BCUT2D eigenvalue weighted by Gasteiger charge is 2.04. The fourth-order valence-corrected chi connectivity index (χ4v) is 1.14. The zero-order valence-electron chi connectivity index (χ0n) is 8.30. The predicted molar refractivity (Wildman–Crippen MR) is 58.1 cm³/mol. The van der Waals surface area contributed by atoms with Crippen molar-refractivity contribution in [2.45, 2.75) is 13.5 Å². The fourth-order valence-electron chi connectivity index (χ4n) is 1.02. The van der Waals surface area contributed by atoms with Crippen molar-refractivity contribution in [3.05, 3.63) is 22.5 Å². The van der Waals surface area contributed by atoms with Gasteiger partial charge in [0, 0.05) is 18.7 Å². The summed E-state index contributed by atoms with van der Waals surface area (Å²) < 4.78 is 6.34. The Kier molecular flexibility index (Phi) is 4.00. The first-order valence-electron chi connectivity index (χ1n) is 4.40. The third kappa shape index (κ3) is 2.77. The van der Waals surface area contributed by atoms with Crippen molar-refractivity contribution >= 4 is 12.6 Å². The van der Waals surface area contributed by atoms with E-state index in [0.29, 0.717) is 18.3 Å². The second-order valence-electron chi connectivity index (χ2n) is 3.18. The fraction of sp³-hybridized carbons (Fsp3) is 0.556. The molecule has 0 aliphatic rings. The number of hydrogen-bond acceptors (Lipinski definition) is 4. The molecule has 1 atom stereocenters. The van der Waals surface area contributed by atoms with Crippen LogP contribution in [-0.4, -0.2) is 22.6 Å². The normalized spacial score (nSPS) is 12.5. The topological polar surface area (TPSA) is 44.1 Å². The van der Waals surface area contributed by atoms with E-state index >= 15 is 0 Å². The van der Waals surface area contributed by atoms with E-state index in [1.165, 1.54) is 17.9 Å². The first-order valence-corrected chi connectivity index (χ1v) is 5.03. The average Bonchev–Trinajstić information content (AvgIpc) is 2.21. The Bertz CT molecular complexity index is 351. The van der Waals surface area contributed by atoms with Gasteiger partial charge in [-0.1, -0.05) is 6.92 Å². The molecule has 0 N–H and O–H groups in total. The molecule has 78 valence electrons. The molecule has 0 radical (unpaired) electrons. The summed E-state index contributed by atoms with van der Waals surface area (Å²) in [4.78, 5) is 11.4. The number of nitrogens with zero attached hydrogens (tertiary/aromatic N) is 2. The lowest BCUT2D eigenvalue weighted by molar-refractivity contribution is 0.365. The average molecular weight is 214 g/mol. The molecule has 0 aliphatic carbocycles. The summed E-state index contributed by atoms with van der Waals surface area (Å²) in [5, 5.41) is 4.03. The van der Waals surface area contributed by atoms with Gasteiger partial charge in [0.15, 0.2) is 0 Å². The number of rotatable bonds is 4. The van der Waals surface area contributed by atoms with Gasteiger partial charge in [0.05, 0.1) is 7.11 Å². The van der Waals surface area contributed by atoms with Gasteiger partial charge in [-0.25, -0.2) is 4.68 Å². The molecule has 14 heavy (non-hydrogen) atoms. The minimum atomic E-state index is -0.112. The maximum absolute atomic E-state index is 11.4. The summed E-state index contributed by atoms with van der Waals surface area (Å²) in [6.07, 6.45) is 0. The molecule has 0 saturated carbocycles. The molecular formula is C9H14N2O2S. The van der Waals surface area contributed by atoms with E-state index < -0.39 is 0 Å². The van der Waals surface area contributed by atoms with E-state index in [-0.39, 0.29) is 5.56 Å². The molecule has 1 heterocycles. The third-order valence-electron chi connectivity index (χ3n) is 1.85. The van der Waals surface area contributed by atoms with Crippen molar-refractivity contribution in [3.8, 4) is 5.88 Å². The lowest BCUT2D eigenvalue weighted by atomic mass is 10.2. The Balaban J connectivity index is 2.89. The van der Waals surface area contributed by atoms with Gasteiger partial charge in [-0.3, -0.25) is 4.79 Å². The molecule has 4 nitrogen and oxygen atoms in total. The van der Waals surface area contributed by atoms with Gasteiger partial charge < -0.3 is 4.74 Å². The van der Waals surface area contributed by atoms with Crippen LogP contribution >= 0.6 is 12.6 Å². The quantitative estimate of drug-likeness (QED) is 0.755. The molecule has 1 unspecified atom stereocenters. The van der Waals surface area contributed by atoms with E-state index in [1.54, 1.807) is 6.07 Å². The van der Waals surface area contributed by atoms with E-state index in [4.69, 9.17) is 4.74 Å². The molecule has 0 spiro atoms. The van der Waals surface area contributed by atoms with Crippen molar-refractivity contribution in [1.82, 2.24) is 9.78 Å². The predicted octanol–water partition coefficient (Wildman–Crippen LogP) is 0.818. The minimum absolute atomic E-state index is 0.112. The molecule has 0 aliphatic heterocycles. The van der Waals surface area contributed by atoms with Crippen LogP contribution in [0.25, 0.3) is 0 Å². The van der Waals surface area contributed by atoms with Crippen molar-refractivity contribution in [3.63, 3.8) is 0 Å². The highest BCUT2D eigenvalue weighted by atomic mass is 32.1. The van der Waals surface area contributed by atoms with Gasteiger partial charge in [0.2, 0.25) is 5.88 Å². The van der Waals surface area contributed by atoms with Crippen LogP contribution < -0.4 is 10.3 Å². The molecule has 0 fully saturated rings. The number of ether oxygens (including phenoxy) is 1. The molecule has 0 bridgehead atoms. The van der Waals surface area contributed by atoms with Gasteiger partial charge >= 0.3 is 0 Å². The molecule has 0 aromatic carbocycles. The molecule has 0 amide bonds. The van der Waals surface area contributed by atoms with Crippen LogP contribution in [0.3, 0.4) is 0 Å². The van der Waals surface area contributed by atoms with Crippen molar-refractivity contribution in [2.75, 3.05) is 12.9 Å². The van der Waals surface area contributed by atoms with Gasteiger partial charge in [-0.05, 0) is 11.7 Å². The smallest absolute Gasteiger partial charge is 0.266 e. The van der Waals surface area contributed by atoms with Gasteiger partial charge in [-0.15, -0.1) is 5.10 Å². The minimum Gasteiger partial charge on any atom is -0.480 e. The summed E-state index contributed by atoms with van der Waals surface area (Å²) in [7, 11) is 1.53. The first-order chi connectivity index (χ1) is 6.67. The van der Waals surface area contributed by atoms with Gasteiger partial charge in [0.25, 0.3) is 5.56 Å². The molecule has 5 heteroatoms. The maximum Gasteiger partial charge on any atom is 0.266 e. The lowest BCUT2D eigenvalue weighted by Gasteiger charge is -2.09. The summed E-state index contributed by atoms with van der Waals surface area (Å²) >= 11 is 4.15. The largest absolute Gasteiger partial charge is 0.480 e. The van der Waals surface area contributed by atoms with Crippen LogP contribution in [0.15, 0.2) is 16.9 Å². The molecular weight excluding hydrogens is 200 g/mol. The van der Waals surface area contributed by atoms with Gasteiger partial charge in [0.1, 0.15) is 0 Å². The second-order valence-corrected chi connectivity index (χ2v) is 3.55. The summed E-state index contributed by atoms with van der Waals surface area (Å²) in [5.74, 6) is 1.50. The molecule has 1 aromatic rings.